The maximum Gasteiger partial charge on any atom is 0.0484 e. The topological polar surface area (TPSA) is 38.9 Å². The lowest BCUT2D eigenvalue weighted by Crippen LogP contribution is -1.90. The van der Waals surface area contributed by atoms with Crippen molar-refractivity contribution in [2.75, 3.05) is 5.73 Å². The molecule has 3 heteroatoms. The predicted molar refractivity (Wildman–Crippen MR) is 76.6 cm³/mol. The fraction of sp³-hybridized carbons (Fsp3) is 0. The number of halogens is 1. The number of rotatable bonds is 1. The number of fused-ring (bicyclic) bond motifs is 1. The molecule has 1 aromatic heterocycles. The maximum atomic E-state index is 6.25. The third-order valence-corrected chi connectivity index (χ3v) is 3.35. The first-order chi connectivity index (χ1) is 8.77. The molecular formula is C15H11ClN2. The Labute approximate surface area is 110 Å². The Kier molecular flexibility index (Phi) is 2.65. The van der Waals surface area contributed by atoms with Gasteiger partial charge in [-0.05, 0) is 23.8 Å². The second kappa shape index (κ2) is 4.31. The standard InChI is InChI=1S/C15H11ClN2/c16-14-4-2-1-3-11(14)10-5-6-15(17)12-7-8-18-9-13(10)12/h1-9H,17H2. The van der Waals surface area contributed by atoms with E-state index in [1.807, 2.05) is 48.7 Å². The number of anilines is 1. The van der Waals surface area contributed by atoms with Crippen molar-refractivity contribution in [3.05, 3.63) is 59.9 Å². The summed E-state index contributed by atoms with van der Waals surface area (Å²) in [6, 6.07) is 13.6. The van der Waals surface area contributed by atoms with E-state index in [4.69, 9.17) is 17.3 Å². The molecule has 0 aliphatic rings. The quantitative estimate of drug-likeness (QED) is 0.663. The van der Waals surface area contributed by atoms with E-state index in [-0.39, 0.29) is 0 Å². The van der Waals surface area contributed by atoms with Crippen LogP contribution in [0.15, 0.2) is 54.9 Å². The van der Waals surface area contributed by atoms with Gasteiger partial charge in [0, 0.05) is 39.4 Å². The molecule has 0 bridgehead atoms. The van der Waals surface area contributed by atoms with Crippen molar-refractivity contribution in [1.29, 1.82) is 0 Å². The van der Waals surface area contributed by atoms with Crippen LogP contribution >= 0.6 is 11.6 Å². The van der Waals surface area contributed by atoms with Gasteiger partial charge in [0.1, 0.15) is 0 Å². The lowest BCUT2D eigenvalue weighted by molar-refractivity contribution is 1.36. The molecule has 2 N–H and O–H groups in total. The molecule has 0 fully saturated rings. The fourth-order valence-electron chi connectivity index (χ4n) is 2.13. The molecule has 0 atom stereocenters. The fourth-order valence-corrected chi connectivity index (χ4v) is 2.37. The summed E-state index contributed by atoms with van der Waals surface area (Å²) >= 11 is 6.25. The van der Waals surface area contributed by atoms with Gasteiger partial charge in [0.15, 0.2) is 0 Å². The van der Waals surface area contributed by atoms with Crippen molar-refractivity contribution in [3.63, 3.8) is 0 Å². The van der Waals surface area contributed by atoms with Crippen LogP contribution in [0, 0.1) is 0 Å². The lowest BCUT2D eigenvalue weighted by Gasteiger charge is -2.09. The minimum Gasteiger partial charge on any atom is -0.398 e. The van der Waals surface area contributed by atoms with Gasteiger partial charge in [-0.1, -0.05) is 35.9 Å². The zero-order chi connectivity index (χ0) is 12.5. The zero-order valence-corrected chi connectivity index (χ0v) is 10.4. The summed E-state index contributed by atoms with van der Waals surface area (Å²) < 4.78 is 0. The lowest BCUT2D eigenvalue weighted by atomic mass is 9.99. The Morgan fingerprint density at radius 3 is 2.56 bits per heavy atom. The summed E-state index contributed by atoms with van der Waals surface area (Å²) in [7, 11) is 0. The van der Waals surface area contributed by atoms with Crippen LogP contribution in [-0.2, 0) is 0 Å². The summed E-state index contributed by atoms with van der Waals surface area (Å²) in [5.41, 5.74) is 8.78. The largest absolute Gasteiger partial charge is 0.398 e. The number of hydrogen-bond donors (Lipinski definition) is 1. The molecular weight excluding hydrogens is 244 g/mol. The van der Waals surface area contributed by atoms with E-state index in [1.54, 1.807) is 6.20 Å². The number of hydrogen-bond acceptors (Lipinski definition) is 2. The highest BCUT2D eigenvalue weighted by Gasteiger charge is 2.08. The summed E-state index contributed by atoms with van der Waals surface area (Å²) in [6.45, 7) is 0. The molecule has 0 spiro atoms. The average molecular weight is 255 g/mol. The van der Waals surface area contributed by atoms with Crippen LogP contribution in [0.3, 0.4) is 0 Å². The molecule has 0 aliphatic heterocycles. The van der Waals surface area contributed by atoms with Gasteiger partial charge >= 0.3 is 0 Å². The smallest absolute Gasteiger partial charge is 0.0484 e. The van der Waals surface area contributed by atoms with Crippen LogP contribution < -0.4 is 5.73 Å². The predicted octanol–water partition coefficient (Wildman–Crippen LogP) is 4.14. The molecule has 3 rings (SSSR count). The van der Waals surface area contributed by atoms with E-state index >= 15 is 0 Å². The van der Waals surface area contributed by atoms with Crippen molar-refractivity contribution >= 4 is 28.1 Å². The van der Waals surface area contributed by atoms with Gasteiger partial charge in [-0.3, -0.25) is 4.98 Å². The zero-order valence-electron chi connectivity index (χ0n) is 9.60. The monoisotopic (exact) mass is 254 g/mol. The summed E-state index contributed by atoms with van der Waals surface area (Å²) in [4.78, 5) is 4.17. The van der Waals surface area contributed by atoms with Crippen LogP contribution in [0.2, 0.25) is 5.02 Å². The number of nitrogen functional groups attached to an aromatic ring is 1. The highest BCUT2D eigenvalue weighted by Crippen LogP contribution is 2.34. The molecule has 88 valence electrons. The number of benzene rings is 2. The van der Waals surface area contributed by atoms with Crippen molar-refractivity contribution in [3.8, 4) is 11.1 Å². The van der Waals surface area contributed by atoms with Crippen LogP contribution in [0.25, 0.3) is 21.9 Å². The minimum atomic E-state index is 0.729. The Balaban J connectivity index is 2.38. The van der Waals surface area contributed by atoms with Crippen molar-refractivity contribution in [2.24, 2.45) is 0 Å². The van der Waals surface area contributed by atoms with Gasteiger partial charge in [0.2, 0.25) is 0 Å². The van der Waals surface area contributed by atoms with E-state index in [2.05, 4.69) is 4.98 Å². The van der Waals surface area contributed by atoms with Crippen LogP contribution in [0.1, 0.15) is 0 Å². The molecule has 0 amide bonds. The van der Waals surface area contributed by atoms with Crippen molar-refractivity contribution < 1.29 is 0 Å². The first kappa shape index (κ1) is 11.1. The molecule has 1 heterocycles. The normalized spacial score (nSPS) is 10.7. The highest BCUT2D eigenvalue weighted by molar-refractivity contribution is 6.33. The number of nitrogens with two attached hydrogens (primary N) is 1. The second-order valence-electron chi connectivity index (χ2n) is 4.10. The van der Waals surface area contributed by atoms with Crippen LogP contribution in [0.4, 0.5) is 5.69 Å². The Hall–Kier alpha value is -2.06. The van der Waals surface area contributed by atoms with Crippen molar-refractivity contribution in [1.82, 2.24) is 4.98 Å². The second-order valence-corrected chi connectivity index (χ2v) is 4.51. The SMILES string of the molecule is Nc1ccc(-c2ccccc2Cl)c2cnccc12. The van der Waals surface area contributed by atoms with E-state index in [1.165, 1.54) is 0 Å². The molecule has 0 unspecified atom stereocenters. The number of nitrogens with zero attached hydrogens (tertiary/aromatic N) is 1. The van der Waals surface area contributed by atoms with Gasteiger partial charge in [0.05, 0.1) is 0 Å². The molecule has 0 saturated heterocycles. The molecule has 2 nitrogen and oxygen atoms in total. The van der Waals surface area contributed by atoms with E-state index in [0.29, 0.717) is 0 Å². The Morgan fingerprint density at radius 1 is 0.889 bits per heavy atom. The maximum absolute atomic E-state index is 6.25. The van der Waals surface area contributed by atoms with E-state index in [0.717, 1.165) is 32.6 Å². The minimum absolute atomic E-state index is 0.729. The number of aromatic nitrogens is 1. The third-order valence-electron chi connectivity index (χ3n) is 3.02. The molecule has 3 aromatic rings. The van der Waals surface area contributed by atoms with Gasteiger partial charge in [-0.15, -0.1) is 0 Å². The van der Waals surface area contributed by atoms with Gasteiger partial charge in [-0.25, -0.2) is 0 Å². The summed E-state index contributed by atoms with van der Waals surface area (Å²) in [5, 5.41) is 2.75. The first-order valence-electron chi connectivity index (χ1n) is 5.64. The summed E-state index contributed by atoms with van der Waals surface area (Å²) in [6.07, 6.45) is 3.57. The van der Waals surface area contributed by atoms with Gasteiger partial charge in [0.25, 0.3) is 0 Å². The molecule has 2 aromatic carbocycles. The number of pyridine rings is 1. The Morgan fingerprint density at radius 2 is 1.72 bits per heavy atom. The van der Waals surface area contributed by atoms with Gasteiger partial charge < -0.3 is 5.73 Å². The van der Waals surface area contributed by atoms with Crippen LogP contribution in [-0.4, -0.2) is 4.98 Å². The van der Waals surface area contributed by atoms with Crippen molar-refractivity contribution in [2.45, 2.75) is 0 Å². The van der Waals surface area contributed by atoms with Crippen LogP contribution in [0.5, 0.6) is 0 Å². The summed E-state index contributed by atoms with van der Waals surface area (Å²) in [5.74, 6) is 0. The van der Waals surface area contributed by atoms with E-state index in [9.17, 15) is 0 Å². The highest BCUT2D eigenvalue weighted by atomic mass is 35.5. The molecule has 0 radical (unpaired) electrons. The average Bonchev–Trinajstić information content (AvgIpc) is 2.41. The van der Waals surface area contributed by atoms with Gasteiger partial charge in [-0.2, -0.15) is 0 Å². The molecule has 0 saturated carbocycles. The van der Waals surface area contributed by atoms with E-state index < -0.39 is 0 Å². The Bertz CT molecular complexity index is 723. The molecule has 18 heavy (non-hydrogen) atoms. The first-order valence-corrected chi connectivity index (χ1v) is 6.02. The third kappa shape index (κ3) is 1.71. The molecule has 0 aliphatic carbocycles.